The van der Waals surface area contributed by atoms with E-state index < -0.39 is 5.97 Å². The first-order valence-corrected chi connectivity index (χ1v) is 6.10. The normalized spacial score (nSPS) is 17.8. The van der Waals surface area contributed by atoms with E-state index in [-0.39, 0.29) is 0 Å². The van der Waals surface area contributed by atoms with Crippen molar-refractivity contribution < 1.29 is 9.90 Å². The highest BCUT2D eigenvalue weighted by Gasteiger charge is 2.22. The quantitative estimate of drug-likeness (QED) is 0.822. The molecule has 0 aliphatic carbocycles. The monoisotopic (exact) mass is 247 g/mol. The molecule has 5 heteroatoms. The van der Waals surface area contributed by atoms with Gasteiger partial charge in [-0.2, -0.15) is 0 Å². The van der Waals surface area contributed by atoms with Crippen LogP contribution in [0.5, 0.6) is 0 Å². The van der Waals surface area contributed by atoms with Crippen LogP contribution in [0.1, 0.15) is 31.5 Å². The van der Waals surface area contributed by atoms with Gasteiger partial charge in [-0.25, -0.2) is 14.8 Å². The van der Waals surface area contributed by atoms with Gasteiger partial charge in [-0.3, -0.25) is 0 Å². The van der Waals surface area contributed by atoms with Crippen molar-refractivity contribution in [2.75, 3.05) is 13.1 Å². The molecule has 1 aliphatic rings. The lowest BCUT2D eigenvalue weighted by Crippen LogP contribution is -2.32. The number of aromatic nitrogens is 2. The van der Waals surface area contributed by atoms with E-state index in [1.54, 1.807) is 12.4 Å². The highest BCUT2D eigenvalue weighted by molar-refractivity contribution is 5.80. The Labute approximate surface area is 106 Å². The maximum atomic E-state index is 10.6. The van der Waals surface area contributed by atoms with Crippen LogP contribution in [-0.4, -0.2) is 39.0 Å². The van der Waals surface area contributed by atoms with Gasteiger partial charge in [0, 0.05) is 43.2 Å². The Bertz CT molecular complexity index is 437. The fraction of sp³-hybridized carbons (Fsp3) is 0.462. The van der Waals surface area contributed by atoms with Crippen LogP contribution < -0.4 is 0 Å². The molecule has 0 spiro atoms. The van der Waals surface area contributed by atoms with Crippen LogP contribution in [0.15, 0.2) is 30.2 Å². The molecule has 5 nitrogen and oxygen atoms in total. The fourth-order valence-electron chi connectivity index (χ4n) is 2.28. The molecule has 96 valence electrons. The van der Waals surface area contributed by atoms with Crippen molar-refractivity contribution in [2.24, 2.45) is 0 Å². The van der Waals surface area contributed by atoms with Crippen LogP contribution in [0.2, 0.25) is 0 Å². The number of likely N-dealkylation sites (tertiary alicyclic amines) is 1. The number of allylic oxidation sites excluding steroid dienone is 1. The lowest BCUT2D eigenvalue weighted by molar-refractivity contribution is -0.131. The maximum Gasteiger partial charge on any atom is 0.330 e. The average Bonchev–Trinajstić information content (AvgIpc) is 2.39. The predicted molar refractivity (Wildman–Crippen MR) is 67.0 cm³/mol. The van der Waals surface area contributed by atoms with Crippen molar-refractivity contribution in [3.05, 3.63) is 36.1 Å². The molecular formula is C13H17N3O2. The minimum atomic E-state index is -0.888. The molecule has 1 aromatic rings. The van der Waals surface area contributed by atoms with Crippen molar-refractivity contribution in [3.8, 4) is 0 Å². The number of piperidine rings is 1. The van der Waals surface area contributed by atoms with Crippen LogP contribution in [0.3, 0.4) is 0 Å². The van der Waals surface area contributed by atoms with E-state index >= 15 is 0 Å². The number of carboxylic acid groups (broad SMARTS) is 1. The summed E-state index contributed by atoms with van der Waals surface area (Å²) in [6.07, 6.45) is 6.73. The van der Waals surface area contributed by atoms with Crippen molar-refractivity contribution in [2.45, 2.75) is 25.7 Å². The molecule has 0 aromatic carbocycles. The number of hydrogen-bond donors (Lipinski definition) is 1. The zero-order valence-electron chi connectivity index (χ0n) is 10.4. The van der Waals surface area contributed by atoms with Crippen LogP contribution in [0, 0.1) is 0 Å². The summed E-state index contributed by atoms with van der Waals surface area (Å²) in [5.74, 6) is 0.401. The first-order valence-electron chi connectivity index (χ1n) is 6.10. The van der Waals surface area contributed by atoms with Gasteiger partial charge < -0.3 is 10.0 Å². The molecule has 0 radical (unpaired) electrons. The summed E-state index contributed by atoms with van der Waals surface area (Å²) in [5, 5.41) is 8.72. The lowest BCUT2D eigenvalue weighted by Gasteiger charge is -2.33. The van der Waals surface area contributed by atoms with Gasteiger partial charge in [0.1, 0.15) is 5.82 Å². The first-order chi connectivity index (χ1) is 8.66. The minimum Gasteiger partial charge on any atom is -0.478 e. The molecular weight excluding hydrogens is 230 g/mol. The smallest absolute Gasteiger partial charge is 0.330 e. The standard InChI is InChI=1S/C13H17N3O2/c1-10(9-12(17)18)16-7-3-11(4-8-16)13-14-5-2-6-15-13/h2,5-6,9,11H,3-4,7-8H2,1H3,(H,17,18)/b10-9-. The van der Waals surface area contributed by atoms with Crippen molar-refractivity contribution >= 4 is 5.97 Å². The summed E-state index contributed by atoms with van der Waals surface area (Å²) in [4.78, 5) is 21.3. The topological polar surface area (TPSA) is 66.3 Å². The third-order valence-corrected chi connectivity index (χ3v) is 3.28. The highest BCUT2D eigenvalue weighted by atomic mass is 16.4. The second kappa shape index (κ2) is 5.62. The maximum absolute atomic E-state index is 10.6. The second-order valence-corrected chi connectivity index (χ2v) is 4.49. The molecule has 0 atom stereocenters. The Kier molecular flexibility index (Phi) is 3.92. The molecule has 0 amide bonds. The van der Waals surface area contributed by atoms with Gasteiger partial charge in [-0.05, 0) is 25.8 Å². The minimum absolute atomic E-state index is 0.389. The van der Waals surface area contributed by atoms with Crippen molar-refractivity contribution in [1.29, 1.82) is 0 Å². The number of carbonyl (C=O) groups is 1. The zero-order valence-corrected chi connectivity index (χ0v) is 10.4. The average molecular weight is 247 g/mol. The molecule has 0 saturated carbocycles. The zero-order chi connectivity index (χ0) is 13.0. The predicted octanol–water partition coefficient (Wildman–Crippen LogP) is 1.64. The van der Waals surface area contributed by atoms with Gasteiger partial charge in [0.25, 0.3) is 0 Å². The summed E-state index contributed by atoms with van der Waals surface area (Å²) < 4.78 is 0. The molecule has 2 heterocycles. The molecule has 1 fully saturated rings. The summed E-state index contributed by atoms with van der Waals surface area (Å²) in [6.45, 7) is 3.56. The molecule has 2 rings (SSSR count). The Balaban J connectivity index is 1.94. The summed E-state index contributed by atoms with van der Waals surface area (Å²) in [7, 11) is 0. The van der Waals surface area contributed by atoms with Gasteiger partial charge in [0.05, 0.1) is 0 Å². The summed E-state index contributed by atoms with van der Waals surface area (Å²) in [6, 6.07) is 1.82. The van der Waals surface area contributed by atoms with Crippen molar-refractivity contribution in [1.82, 2.24) is 14.9 Å². The molecule has 1 N–H and O–H groups in total. The Hall–Kier alpha value is -1.91. The number of nitrogens with zero attached hydrogens (tertiary/aromatic N) is 3. The van der Waals surface area contributed by atoms with E-state index in [1.165, 1.54) is 6.08 Å². The summed E-state index contributed by atoms with van der Waals surface area (Å²) >= 11 is 0. The third-order valence-electron chi connectivity index (χ3n) is 3.28. The van der Waals surface area contributed by atoms with E-state index in [1.807, 2.05) is 13.0 Å². The number of rotatable bonds is 3. The second-order valence-electron chi connectivity index (χ2n) is 4.49. The molecule has 18 heavy (non-hydrogen) atoms. The third kappa shape index (κ3) is 3.06. The van der Waals surface area contributed by atoms with Crippen molar-refractivity contribution in [3.63, 3.8) is 0 Å². The molecule has 1 aliphatic heterocycles. The Morgan fingerprint density at radius 3 is 2.56 bits per heavy atom. The van der Waals surface area contributed by atoms with Gasteiger partial charge in [0.15, 0.2) is 0 Å². The number of hydrogen-bond acceptors (Lipinski definition) is 4. The van der Waals surface area contributed by atoms with Gasteiger partial charge in [-0.1, -0.05) is 0 Å². The van der Waals surface area contributed by atoms with E-state index in [0.29, 0.717) is 5.92 Å². The molecule has 0 unspecified atom stereocenters. The fourth-order valence-corrected chi connectivity index (χ4v) is 2.28. The van der Waals surface area contributed by atoms with Gasteiger partial charge >= 0.3 is 5.97 Å². The number of aliphatic carboxylic acids is 1. The Morgan fingerprint density at radius 1 is 1.39 bits per heavy atom. The SMILES string of the molecule is C/C(=C/C(=O)O)N1CCC(c2ncccn2)CC1. The van der Waals surface area contributed by atoms with Crippen LogP contribution in [0.25, 0.3) is 0 Å². The highest BCUT2D eigenvalue weighted by Crippen LogP contribution is 2.26. The summed E-state index contributed by atoms with van der Waals surface area (Å²) in [5.41, 5.74) is 0.815. The van der Waals surface area contributed by atoms with Crippen LogP contribution >= 0.6 is 0 Å². The van der Waals surface area contributed by atoms with Gasteiger partial charge in [0.2, 0.25) is 0 Å². The molecule has 1 aromatic heterocycles. The first kappa shape index (κ1) is 12.5. The molecule has 1 saturated heterocycles. The van der Waals surface area contributed by atoms with Gasteiger partial charge in [-0.15, -0.1) is 0 Å². The van der Waals surface area contributed by atoms with E-state index in [0.717, 1.165) is 37.5 Å². The lowest BCUT2D eigenvalue weighted by atomic mass is 9.95. The largest absolute Gasteiger partial charge is 0.478 e. The number of carboxylic acids is 1. The Morgan fingerprint density at radius 2 is 2.00 bits per heavy atom. The van der Waals surface area contributed by atoms with Crippen LogP contribution in [0.4, 0.5) is 0 Å². The van der Waals surface area contributed by atoms with E-state index in [2.05, 4.69) is 14.9 Å². The van der Waals surface area contributed by atoms with Crippen LogP contribution in [-0.2, 0) is 4.79 Å². The van der Waals surface area contributed by atoms with E-state index in [9.17, 15) is 4.79 Å². The van der Waals surface area contributed by atoms with E-state index in [4.69, 9.17) is 5.11 Å². The molecule has 0 bridgehead atoms.